The molecular weight excluding hydrogens is 446 g/mol. The Hall–Kier alpha value is -4.20. The van der Waals surface area contributed by atoms with Gasteiger partial charge in [0.25, 0.3) is 5.91 Å². The number of benzene rings is 3. The quantitative estimate of drug-likeness (QED) is 0.506. The number of anilines is 2. The minimum atomic E-state index is -0.308. The SMILES string of the molecule is COc1ccc(C(=O)Nc2ccc(OC)c(N3CCCN(Cc4ccccc4)C3=O)c2)cc1OC. The molecule has 3 aromatic carbocycles. The second-order valence-electron chi connectivity index (χ2n) is 8.11. The lowest BCUT2D eigenvalue weighted by atomic mass is 10.1. The van der Waals surface area contributed by atoms with Crippen molar-refractivity contribution in [3.63, 3.8) is 0 Å². The number of methoxy groups -OCH3 is 3. The predicted molar refractivity (Wildman–Crippen MR) is 135 cm³/mol. The summed E-state index contributed by atoms with van der Waals surface area (Å²) in [5, 5.41) is 2.90. The Morgan fingerprint density at radius 3 is 2.29 bits per heavy atom. The van der Waals surface area contributed by atoms with Crippen LogP contribution in [0.15, 0.2) is 66.7 Å². The smallest absolute Gasteiger partial charge is 0.324 e. The van der Waals surface area contributed by atoms with E-state index in [0.717, 1.165) is 12.0 Å². The van der Waals surface area contributed by atoms with E-state index in [-0.39, 0.29) is 11.9 Å². The van der Waals surface area contributed by atoms with Crippen LogP contribution in [0.3, 0.4) is 0 Å². The predicted octanol–water partition coefficient (Wildman–Crippen LogP) is 4.80. The maximum absolute atomic E-state index is 13.4. The molecular formula is C27H29N3O5. The Bertz CT molecular complexity index is 1200. The van der Waals surface area contributed by atoms with Gasteiger partial charge in [0.1, 0.15) is 5.75 Å². The summed E-state index contributed by atoms with van der Waals surface area (Å²) in [6.07, 6.45) is 0.823. The molecule has 1 aliphatic heterocycles. The van der Waals surface area contributed by atoms with Gasteiger partial charge in [0.2, 0.25) is 0 Å². The molecule has 0 saturated carbocycles. The Labute approximate surface area is 205 Å². The molecule has 0 radical (unpaired) electrons. The monoisotopic (exact) mass is 475 g/mol. The van der Waals surface area contributed by atoms with Crippen molar-refractivity contribution in [3.05, 3.63) is 77.9 Å². The lowest BCUT2D eigenvalue weighted by Gasteiger charge is -2.36. The molecule has 35 heavy (non-hydrogen) atoms. The highest BCUT2D eigenvalue weighted by Gasteiger charge is 2.29. The first-order valence-corrected chi connectivity index (χ1v) is 11.4. The molecule has 3 amide bonds. The zero-order valence-corrected chi connectivity index (χ0v) is 20.1. The van der Waals surface area contributed by atoms with Gasteiger partial charge in [-0.1, -0.05) is 30.3 Å². The fraction of sp³-hybridized carbons (Fsp3) is 0.259. The standard InChI is InChI=1S/C27H29N3O5/c1-33-23-13-11-21(28-26(31)20-10-12-24(34-2)25(16-20)35-3)17-22(23)30-15-7-14-29(27(30)32)18-19-8-5-4-6-9-19/h4-6,8-13,16-17H,7,14-15,18H2,1-3H3,(H,28,31). The molecule has 0 unspecified atom stereocenters. The lowest BCUT2D eigenvalue weighted by Crippen LogP contribution is -2.49. The number of urea groups is 1. The Morgan fingerprint density at radius 1 is 0.857 bits per heavy atom. The van der Waals surface area contributed by atoms with Crippen molar-refractivity contribution in [3.8, 4) is 17.2 Å². The third-order valence-corrected chi connectivity index (χ3v) is 5.90. The molecule has 1 fully saturated rings. The van der Waals surface area contributed by atoms with E-state index in [0.29, 0.717) is 53.8 Å². The van der Waals surface area contributed by atoms with Crippen molar-refractivity contribution in [1.82, 2.24) is 4.90 Å². The molecule has 8 nitrogen and oxygen atoms in total. The summed E-state index contributed by atoms with van der Waals surface area (Å²) in [5.74, 6) is 1.26. The van der Waals surface area contributed by atoms with E-state index in [1.54, 1.807) is 55.5 Å². The maximum Gasteiger partial charge on any atom is 0.324 e. The number of rotatable bonds is 8. The number of hydrogen-bond donors (Lipinski definition) is 1. The number of carbonyl (C=O) groups is 2. The highest BCUT2D eigenvalue weighted by Crippen LogP contribution is 2.34. The van der Waals surface area contributed by atoms with Crippen LogP contribution < -0.4 is 24.4 Å². The molecule has 0 aliphatic carbocycles. The van der Waals surface area contributed by atoms with Crippen LogP contribution in [0, 0.1) is 0 Å². The van der Waals surface area contributed by atoms with Crippen LogP contribution in [0.25, 0.3) is 0 Å². The van der Waals surface area contributed by atoms with E-state index < -0.39 is 0 Å². The molecule has 1 saturated heterocycles. The zero-order valence-electron chi connectivity index (χ0n) is 20.1. The third-order valence-electron chi connectivity index (χ3n) is 5.90. The molecule has 1 heterocycles. The molecule has 0 bridgehead atoms. The third kappa shape index (κ3) is 5.32. The average molecular weight is 476 g/mol. The first-order chi connectivity index (χ1) is 17.0. The number of hydrogen-bond acceptors (Lipinski definition) is 5. The van der Waals surface area contributed by atoms with Crippen LogP contribution in [0.1, 0.15) is 22.3 Å². The van der Waals surface area contributed by atoms with Crippen molar-refractivity contribution in [1.29, 1.82) is 0 Å². The molecule has 0 spiro atoms. The molecule has 3 aromatic rings. The normalized spacial score (nSPS) is 13.4. The minimum Gasteiger partial charge on any atom is -0.495 e. The summed E-state index contributed by atoms with van der Waals surface area (Å²) >= 11 is 0. The summed E-state index contributed by atoms with van der Waals surface area (Å²) in [5.41, 5.74) is 2.66. The molecule has 1 aliphatic rings. The molecule has 182 valence electrons. The van der Waals surface area contributed by atoms with Crippen molar-refractivity contribution in [2.24, 2.45) is 0 Å². The zero-order chi connectivity index (χ0) is 24.8. The van der Waals surface area contributed by atoms with Crippen molar-refractivity contribution in [2.45, 2.75) is 13.0 Å². The van der Waals surface area contributed by atoms with E-state index in [1.807, 2.05) is 35.2 Å². The highest BCUT2D eigenvalue weighted by atomic mass is 16.5. The van der Waals surface area contributed by atoms with Crippen LogP contribution in [0.2, 0.25) is 0 Å². The van der Waals surface area contributed by atoms with Gasteiger partial charge < -0.3 is 24.4 Å². The number of nitrogens with one attached hydrogen (secondary N) is 1. The van der Waals surface area contributed by atoms with Gasteiger partial charge in [-0.3, -0.25) is 9.69 Å². The fourth-order valence-corrected chi connectivity index (χ4v) is 4.12. The van der Waals surface area contributed by atoms with Crippen LogP contribution in [0.5, 0.6) is 17.2 Å². The molecule has 0 aromatic heterocycles. The molecule has 1 N–H and O–H groups in total. The van der Waals surface area contributed by atoms with E-state index in [1.165, 1.54) is 7.11 Å². The van der Waals surface area contributed by atoms with Gasteiger partial charge in [0.05, 0.1) is 27.0 Å². The Morgan fingerprint density at radius 2 is 1.57 bits per heavy atom. The summed E-state index contributed by atoms with van der Waals surface area (Å²) in [6, 6.07) is 20.0. The summed E-state index contributed by atoms with van der Waals surface area (Å²) in [6.45, 7) is 1.78. The molecule has 8 heteroatoms. The average Bonchev–Trinajstić information content (AvgIpc) is 2.90. The van der Waals surface area contributed by atoms with Crippen LogP contribution in [-0.2, 0) is 6.54 Å². The number of carbonyl (C=O) groups excluding carboxylic acids is 2. The Balaban J connectivity index is 1.55. The van der Waals surface area contributed by atoms with E-state index in [2.05, 4.69) is 5.32 Å². The van der Waals surface area contributed by atoms with Gasteiger partial charge in [-0.25, -0.2) is 4.79 Å². The second-order valence-corrected chi connectivity index (χ2v) is 8.11. The van der Waals surface area contributed by atoms with Gasteiger partial charge in [0.15, 0.2) is 11.5 Å². The maximum atomic E-state index is 13.4. The second kappa shape index (κ2) is 10.8. The summed E-state index contributed by atoms with van der Waals surface area (Å²) < 4.78 is 16.1. The number of amides is 3. The van der Waals surface area contributed by atoms with E-state index in [4.69, 9.17) is 14.2 Å². The lowest BCUT2D eigenvalue weighted by molar-refractivity contribution is 0.102. The van der Waals surface area contributed by atoms with Crippen molar-refractivity contribution >= 4 is 23.3 Å². The molecule has 4 rings (SSSR count). The van der Waals surface area contributed by atoms with Gasteiger partial charge in [0, 0.05) is 30.9 Å². The number of nitrogens with zero attached hydrogens (tertiary/aromatic N) is 2. The van der Waals surface area contributed by atoms with Crippen LogP contribution in [-0.4, -0.2) is 51.3 Å². The van der Waals surface area contributed by atoms with Crippen molar-refractivity contribution < 1.29 is 23.8 Å². The highest BCUT2D eigenvalue weighted by molar-refractivity contribution is 6.05. The van der Waals surface area contributed by atoms with Crippen molar-refractivity contribution in [2.75, 3.05) is 44.6 Å². The summed E-state index contributed by atoms with van der Waals surface area (Å²) in [7, 11) is 4.63. The van der Waals surface area contributed by atoms with Gasteiger partial charge in [-0.2, -0.15) is 0 Å². The first kappa shape index (κ1) is 23.9. The van der Waals surface area contributed by atoms with Gasteiger partial charge in [-0.15, -0.1) is 0 Å². The summed E-state index contributed by atoms with van der Waals surface area (Å²) in [4.78, 5) is 29.8. The largest absolute Gasteiger partial charge is 0.495 e. The van der Waals surface area contributed by atoms with Gasteiger partial charge >= 0.3 is 6.03 Å². The minimum absolute atomic E-state index is 0.0956. The van der Waals surface area contributed by atoms with E-state index >= 15 is 0 Å². The van der Waals surface area contributed by atoms with Crippen LogP contribution in [0.4, 0.5) is 16.2 Å². The van der Waals surface area contributed by atoms with Crippen LogP contribution >= 0.6 is 0 Å². The van der Waals surface area contributed by atoms with Gasteiger partial charge in [-0.05, 0) is 48.4 Å². The topological polar surface area (TPSA) is 80.3 Å². The fourth-order valence-electron chi connectivity index (χ4n) is 4.12. The van der Waals surface area contributed by atoms with E-state index in [9.17, 15) is 9.59 Å². The first-order valence-electron chi connectivity index (χ1n) is 11.4. The Kier molecular flexibility index (Phi) is 7.40. The number of ether oxygens (including phenoxy) is 3. The molecule has 0 atom stereocenters.